The van der Waals surface area contributed by atoms with Crippen LogP contribution >= 0.6 is 0 Å². The molecule has 0 fully saturated rings. The van der Waals surface area contributed by atoms with Crippen LogP contribution in [0.1, 0.15) is 31.2 Å². The van der Waals surface area contributed by atoms with E-state index in [0.29, 0.717) is 0 Å². The van der Waals surface area contributed by atoms with Gasteiger partial charge in [0.05, 0.1) is 0 Å². The summed E-state index contributed by atoms with van der Waals surface area (Å²) in [5, 5.41) is 8.48. The normalized spacial score (nSPS) is 15.4. The number of allylic oxidation sites excluding steroid dienone is 8. The second kappa shape index (κ2) is 14.4. The summed E-state index contributed by atoms with van der Waals surface area (Å²) in [6.07, 6.45) is 16.1. The highest BCUT2D eigenvalue weighted by Gasteiger charge is 2.38. The van der Waals surface area contributed by atoms with Gasteiger partial charge in [0.1, 0.15) is 8.07 Å². The highest BCUT2D eigenvalue weighted by atomic mass is 28.3. The average molecular weight is 771 g/mol. The van der Waals surface area contributed by atoms with Gasteiger partial charge in [-0.25, -0.2) is 0 Å². The lowest BCUT2D eigenvalue weighted by atomic mass is 9.81. The molecule has 0 N–H and O–H groups in total. The molecule has 0 atom stereocenters. The first-order valence-corrected chi connectivity index (χ1v) is 24.3. The standard InChI is InChI=1S/C58H46Si/c1-59(2)55-36-48(45-24-22-42(23-25-45)39-14-6-3-7-15-39)34-35-49(55)52-37-53-54(38-56(52)59)58(47-32-28-44(29-33-47)41-18-10-5-11-19-41)51-21-13-12-20-50(51)57(53)46-30-26-43(27-31-46)40-16-8-4-9-17-40/h3-8,10-16,18-26,28-30,32-38H,9,17,27,31H2,1-2H3. The molecule has 282 valence electrons. The van der Waals surface area contributed by atoms with Crippen LogP contribution in [0.2, 0.25) is 13.1 Å². The molecule has 8 aromatic carbocycles. The Morgan fingerprint density at radius 3 is 1.46 bits per heavy atom. The molecule has 11 rings (SSSR count). The third-order valence-corrected chi connectivity index (χ3v) is 16.8. The lowest BCUT2D eigenvalue weighted by Crippen LogP contribution is -2.49. The molecule has 0 spiro atoms. The molecule has 0 amide bonds. The number of hydrogen-bond donors (Lipinski definition) is 0. The van der Waals surface area contributed by atoms with Crippen LogP contribution < -0.4 is 10.4 Å². The Balaban J connectivity index is 1.10. The molecule has 3 aliphatic rings. The molecule has 0 saturated heterocycles. The summed E-state index contributed by atoms with van der Waals surface area (Å²) in [5.41, 5.74) is 18.8. The van der Waals surface area contributed by atoms with Crippen LogP contribution in [-0.2, 0) is 0 Å². The topological polar surface area (TPSA) is 0 Å². The highest BCUT2D eigenvalue weighted by Crippen LogP contribution is 2.46. The van der Waals surface area contributed by atoms with E-state index in [4.69, 9.17) is 0 Å². The minimum atomic E-state index is -2.09. The van der Waals surface area contributed by atoms with Crippen molar-refractivity contribution in [3.8, 4) is 55.6 Å². The van der Waals surface area contributed by atoms with E-state index in [1.54, 1.807) is 0 Å². The van der Waals surface area contributed by atoms with E-state index >= 15 is 0 Å². The second-order valence-electron chi connectivity index (χ2n) is 17.1. The van der Waals surface area contributed by atoms with Crippen molar-refractivity contribution in [2.24, 2.45) is 0 Å². The average Bonchev–Trinajstić information content (AvgIpc) is 3.52. The van der Waals surface area contributed by atoms with Crippen molar-refractivity contribution in [3.63, 3.8) is 0 Å². The number of benzene rings is 8. The fourth-order valence-electron chi connectivity index (χ4n) is 10.2. The van der Waals surface area contributed by atoms with Crippen LogP contribution in [0.5, 0.6) is 0 Å². The monoisotopic (exact) mass is 770 g/mol. The van der Waals surface area contributed by atoms with E-state index in [0.717, 1.165) is 25.7 Å². The van der Waals surface area contributed by atoms with Crippen molar-refractivity contribution < 1.29 is 0 Å². The Kier molecular flexibility index (Phi) is 8.68. The van der Waals surface area contributed by atoms with Crippen molar-refractivity contribution in [1.29, 1.82) is 0 Å². The largest absolute Gasteiger partial charge is 0.113 e. The van der Waals surface area contributed by atoms with E-state index in [-0.39, 0.29) is 0 Å². The van der Waals surface area contributed by atoms with Gasteiger partial charge in [-0.05, 0) is 142 Å². The zero-order chi connectivity index (χ0) is 39.5. The van der Waals surface area contributed by atoms with Gasteiger partial charge in [-0.2, -0.15) is 0 Å². The Morgan fingerprint density at radius 1 is 0.356 bits per heavy atom. The molecule has 0 saturated carbocycles. The van der Waals surface area contributed by atoms with Crippen LogP contribution in [0.4, 0.5) is 0 Å². The van der Waals surface area contributed by atoms with E-state index in [2.05, 4.69) is 207 Å². The Bertz CT molecular complexity index is 3060. The molecule has 0 radical (unpaired) electrons. The molecule has 1 heteroatoms. The summed E-state index contributed by atoms with van der Waals surface area (Å²) in [5.74, 6) is 0. The maximum atomic E-state index is 2.63. The molecule has 0 nitrogen and oxygen atoms in total. The first-order chi connectivity index (χ1) is 29.0. The maximum absolute atomic E-state index is 2.63. The van der Waals surface area contributed by atoms with E-state index < -0.39 is 8.07 Å². The molecular weight excluding hydrogens is 725 g/mol. The molecule has 2 aliphatic carbocycles. The van der Waals surface area contributed by atoms with Gasteiger partial charge in [0, 0.05) is 0 Å². The zero-order valence-corrected chi connectivity index (χ0v) is 34.8. The van der Waals surface area contributed by atoms with Crippen molar-refractivity contribution >= 4 is 45.6 Å². The van der Waals surface area contributed by atoms with E-state index in [9.17, 15) is 0 Å². The molecule has 1 aliphatic heterocycles. The van der Waals surface area contributed by atoms with Crippen LogP contribution in [0.15, 0.2) is 205 Å². The van der Waals surface area contributed by atoms with E-state index in [1.165, 1.54) is 110 Å². The van der Waals surface area contributed by atoms with Crippen LogP contribution in [-0.4, -0.2) is 8.07 Å². The first kappa shape index (κ1) is 35.6. The van der Waals surface area contributed by atoms with Gasteiger partial charge in [-0.3, -0.25) is 0 Å². The molecule has 0 aromatic heterocycles. The lowest BCUT2D eigenvalue weighted by molar-refractivity contribution is 0.906. The van der Waals surface area contributed by atoms with Crippen LogP contribution in [0.25, 0.3) is 82.8 Å². The summed E-state index contributed by atoms with van der Waals surface area (Å²) in [6, 6.07) is 61.6. The third kappa shape index (κ3) is 6.12. The molecule has 59 heavy (non-hydrogen) atoms. The highest BCUT2D eigenvalue weighted by molar-refractivity contribution is 7.04. The Labute approximate surface area is 349 Å². The van der Waals surface area contributed by atoms with Gasteiger partial charge in [-0.15, -0.1) is 0 Å². The molecule has 0 bridgehead atoms. The fraction of sp³-hybridized carbons (Fsp3) is 0.103. The summed E-state index contributed by atoms with van der Waals surface area (Å²) >= 11 is 0. The number of hydrogen-bond acceptors (Lipinski definition) is 0. The minimum Gasteiger partial charge on any atom is -0.0842 e. The fourth-order valence-corrected chi connectivity index (χ4v) is 13.3. The molecule has 1 heterocycles. The summed E-state index contributed by atoms with van der Waals surface area (Å²) in [6.45, 7) is 5.13. The van der Waals surface area contributed by atoms with Crippen LogP contribution in [0, 0.1) is 0 Å². The molecule has 0 unspecified atom stereocenters. The minimum absolute atomic E-state index is 1.04. The molecule has 8 aromatic rings. The van der Waals surface area contributed by atoms with Crippen molar-refractivity contribution in [2.45, 2.75) is 38.8 Å². The Hall–Kier alpha value is -6.54. The van der Waals surface area contributed by atoms with Gasteiger partial charge in [-0.1, -0.05) is 201 Å². The smallest absolute Gasteiger partial charge is 0.0842 e. The SMILES string of the molecule is C[Si]1(C)c2cc(-c3ccc(-c4ccccc4)cc3)ccc2-c2cc3c(C4=CC=C(C5=CC=CCC5)CC4)c4ccccc4c(-c4ccc(-c5ccccc5)cc4)c3cc21. The quantitative estimate of drug-likeness (QED) is 0.117. The summed E-state index contributed by atoms with van der Waals surface area (Å²) in [7, 11) is -2.09. The van der Waals surface area contributed by atoms with Gasteiger partial charge < -0.3 is 0 Å². The van der Waals surface area contributed by atoms with Crippen molar-refractivity contribution in [3.05, 3.63) is 211 Å². The Morgan fingerprint density at radius 2 is 0.847 bits per heavy atom. The van der Waals surface area contributed by atoms with Crippen molar-refractivity contribution in [2.75, 3.05) is 0 Å². The predicted octanol–water partition coefficient (Wildman–Crippen LogP) is 14.8. The predicted molar refractivity (Wildman–Crippen MR) is 257 cm³/mol. The first-order valence-electron chi connectivity index (χ1n) is 21.3. The lowest BCUT2D eigenvalue weighted by Gasteiger charge is -2.24. The zero-order valence-electron chi connectivity index (χ0n) is 33.8. The number of rotatable bonds is 6. The summed E-state index contributed by atoms with van der Waals surface area (Å²) in [4.78, 5) is 0. The third-order valence-electron chi connectivity index (χ3n) is 13.3. The van der Waals surface area contributed by atoms with Gasteiger partial charge in [0.15, 0.2) is 0 Å². The van der Waals surface area contributed by atoms with Gasteiger partial charge in [0.2, 0.25) is 0 Å². The number of fused-ring (bicyclic) bond motifs is 5. The van der Waals surface area contributed by atoms with E-state index in [1.807, 2.05) is 0 Å². The van der Waals surface area contributed by atoms with Crippen molar-refractivity contribution in [1.82, 2.24) is 0 Å². The van der Waals surface area contributed by atoms with Gasteiger partial charge >= 0.3 is 0 Å². The van der Waals surface area contributed by atoms with Gasteiger partial charge in [0.25, 0.3) is 0 Å². The molecular formula is C58H46Si. The summed E-state index contributed by atoms with van der Waals surface area (Å²) < 4.78 is 0. The second-order valence-corrected chi connectivity index (χ2v) is 21.4. The van der Waals surface area contributed by atoms with Crippen LogP contribution in [0.3, 0.4) is 0 Å². The maximum Gasteiger partial charge on any atom is 0.113 e.